The van der Waals surface area contributed by atoms with Crippen molar-refractivity contribution in [3.05, 3.63) is 11.5 Å². The molecule has 0 saturated carbocycles. The van der Waals surface area contributed by atoms with Crippen LogP contribution >= 0.6 is 11.8 Å². The molecular weight excluding hydrogens is 231 g/mol. The molecule has 1 fully saturated rings. The predicted octanol–water partition coefficient (Wildman–Crippen LogP) is -5.25. The van der Waals surface area contributed by atoms with Gasteiger partial charge >= 0.3 is 29.6 Å². The summed E-state index contributed by atoms with van der Waals surface area (Å²) in [5.74, 6) is -2.24. The molecule has 2 rings (SSSR count). The molecule has 0 aromatic rings. The number of carboxylic acids is 1. The average molecular weight is 238 g/mol. The van der Waals surface area contributed by atoms with E-state index in [0.717, 1.165) is 4.90 Å². The fraction of sp³-hybridized carbons (Fsp3) is 0.429. The summed E-state index contributed by atoms with van der Waals surface area (Å²) in [4.78, 5) is 22.8. The minimum absolute atomic E-state index is 0. The largest absolute Gasteiger partial charge is 1.00 e. The van der Waals surface area contributed by atoms with Gasteiger partial charge in [0.25, 0.3) is 0 Å². The minimum Gasteiger partial charge on any atom is -0.543 e. The number of hydrogen-bond donors (Lipinski definition) is 2. The first-order valence-corrected chi connectivity index (χ1v) is 4.92. The molecule has 0 radical (unpaired) electrons. The van der Waals surface area contributed by atoms with Crippen LogP contribution < -0.4 is 40.4 Å². The third kappa shape index (κ3) is 1.78. The van der Waals surface area contributed by atoms with Crippen molar-refractivity contribution in [1.29, 1.82) is 0 Å². The molecule has 3 N–H and O–H groups in total. The van der Waals surface area contributed by atoms with Crippen molar-refractivity contribution in [1.82, 2.24) is 4.90 Å². The van der Waals surface area contributed by atoms with Gasteiger partial charge in [-0.25, -0.2) is 0 Å². The number of aliphatic carboxylic acids is 1. The van der Waals surface area contributed by atoms with Gasteiger partial charge in [0.15, 0.2) is 0 Å². The molecule has 0 unspecified atom stereocenters. The molecule has 1 saturated heterocycles. The molecule has 1 amide bonds. The molecule has 2 atom stereocenters. The summed E-state index contributed by atoms with van der Waals surface area (Å²) in [7, 11) is 0. The Labute approximate surface area is 112 Å². The number of hydrogen-bond acceptors (Lipinski definition) is 6. The van der Waals surface area contributed by atoms with Crippen LogP contribution in [0.3, 0.4) is 0 Å². The fourth-order valence-electron chi connectivity index (χ4n) is 1.49. The zero-order chi connectivity index (χ0) is 10.5. The molecule has 0 spiro atoms. The Morgan fingerprint density at radius 2 is 2.27 bits per heavy atom. The van der Waals surface area contributed by atoms with Crippen LogP contribution in [0.1, 0.15) is 0 Å². The molecule has 0 aliphatic carbocycles. The second-order valence-electron chi connectivity index (χ2n) is 3.02. The smallest absolute Gasteiger partial charge is 0.543 e. The summed E-state index contributed by atoms with van der Waals surface area (Å²) in [5.41, 5.74) is 5.01. The van der Waals surface area contributed by atoms with Gasteiger partial charge in [-0.15, -0.1) is 11.8 Å². The summed E-state index contributed by atoms with van der Waals surface area (Å²) in [6.07, 6.45) is 0. The Balaban J connectivity index is 0.00000112. The first-order chi connectivity index (χ1) is 6.54. The molecule has 0 bridgehead atoms. The topological polar surface area (TPSA) is 107 Å². The van der Waals surface area contributed by atoms with E-state index in [-0.39, 0.29) is 46.4 Å². The molecule has 0 aromatic heterocycles. The van der Waals surface area contributed by atoms with Crippen LogP contribution in [0.5, 0.6) is 0 Å². The van der Waals surface area contributed by atoms with E-state index in [2.05, 4.69) is 0 Å². The van der Waals surface area contributed by atoms with E-state index in [9.17, 15) is 19.8 Å². The van der Waals surface area contributed by atoms with Gasteiger partial charge in [0.05, 0.1) is 11.7 Å². The van der Waals surface area contributed by atoms with Crippen molar-refractivity contribution in [2.45, 2.75) is 11.4 Å². The van der Waals surface area contributed by atoms with Crippen molar-refractivity contribution in [3.63, 3.8) is 0 Å². The second kappa shape index (κ2) is 4.34. The van der Waals surface area contributed by atoms with Crippen molar-refractivity contribution in [2.24, 2.45) is 5.73 Å². The van der Waals surface area contributed by atoms with Crippen molar-refractivity contribution < 1.29 is 49.4 Å². The summed E-state index contributed by atoms with van der Waals surface area (Å²) < 4.78 is 0. The second-order valence-corrected chi connectivity index (χ2v) is 4.12. The Morgan fingerprint density at radius 3 is 2.80 bits per heavy atom. The van der Waals surface area contributed by atoms with Crippen LogP contribution in [0.2, 0.25) is 0 Å². The Morgan fingerprint density at radius 1 is 1.67 bits per heavy atom. The quantitative estimate of drug-likeness (QED) is 0.349. The van der Waals surface area contributed by atoms with Crippen molar-refractivity contribution in [2.75, 3.05) is 5.75 Å². The van der Waals surface area contributed by atoms with E-state index < -0.39 is 23.6 Å². The molecule has 8 heteroatoms. The number of fused-ring (bicyclic) bond motifs is 1. The van der Waals surface area contributed by atoms with Gasteiger partial charge < -0.3 is 20.7 Å². The van der Waals surface area contributed by atoms with Gasteiger partial charge in [-0.05, 0) is 0 Å². The van der Waals surface area contributed by atoms with Crippen LogP contribution in [0, 0.1) is 0 Å². The van der Waals surface area contributed by atoms with Gasteiger partial charge in [-0.1, -0.05) is 0 Å². The first kappa shape index (κ1) is 12.9. The Bertz CT molecular complexity index is 359. The fourth-order valence-corrected chi connectivity index (χ4v) is 2.64. The van der Waals surface area contributed by atoms with Gasteiger partial charge in [0, 0.05) is 0 Å². The number of nitrogens with zero attached hydrogens (tertiary/aromatic N) is 1. The van der Waals surface area contributed by atoms with E-state index in [1.54, 1.807) is 0 Å². The number of carbonyl (C=O) groups excluding carboxylic acids is 2. The maximum absolute atomic E-state index is 11.2. The molecule has 15 heavy (non-hydrogen) atoms. The summed E-state index contributed by atoms with van der Waals surface area (Å²) in [5, 5.41) is 19.5. The maximum Gasteiger partial charge on any atom is 1.00 e. The number of amides is 1. The molecule has 0 aromatic carbocycles. The number of thioether (sulfide) groups is 1. The standard InChI is InChI=1S/C7H8N2O4S.Na/c8-3-5(11)9-4(7(12)13)2(10)1-14-6(3)9;/h3,6,10H,1,8H2,(H,12,13);/q;+1/p-1/t3-,6-;/m1./s1. The Kier molecular flexibility index (Phi) is 3.72. The van der Waals surface area contributed by atoms with Crippen molar-refractivity contribution in [3.8, 4) is 0 Å². The van der Waals surface area contributed by atoms with E-state index in [4.69, 9.17) is 5.73 Å². The van der Waals surface area contributed by atoms with Gasteiger partial charge in [-0.2, -0.15) is 0 Å². The normalized spacial score (nSPS) is 29.1. The molecule has 2 aliphatic rings. The monoisotopic (exact) mass is 238 g/mol. The van der Waals surface area contributed by atoms with Crippen LogP contribution in [0.4, 0.5) is 0 Å². The number of carbonyl (C=O) groups is 2. The molecule has 2 aliphatic heterocycles. The van der Waals surface area contributed by atoms with Crippen LogP contribution in [-0.4, -0.2) is 39.1 Å². The Hall–Kier alpha value is -0.210. The SMILES string of the molecule is N[C@@H]1C(=O)N2C(C(=O)[O-])=C(O)CS[C@H]12.[Na+]. The van der Waals surface area contributed by atoms with Crippen LogP contribution in [0.25, 0.3) is 0 Å². The molecular formula is C7H7N2NaO4S. The van der Waals surface area contributed by atoms with Gasteiger partial charge in [0.1, 0.15) is 22.9 Å². The van der Waals surface area contributed by atoms with Crippen LogP contribution in [0.15, 0.2) is 11.5 Å². The number of nitrogens with two attached hydrogens (primary N) is 1. The minimum atomic E-state index is -1.55. The third-order valence-corrected chi connectivity index (χ3v) is 3.47. The zero-order valence-electron chi connectivity index (χ0n) is 7.97. The van der Waals surface area contributed by atoms with Crippen molar-refractivity contribution >= 4 is 23.6 Å². The van der Waals surface area contributed by atoms with Gasteiger partial charge in [-0.3, -0.25) is 9.69 Å². The average Bonchev–Trinajstić information content (AvgIpc) is 2.15. The van der Waals surface area contributed by atoms with E-state index in [0.29, 0.717) is 0 Å². The van der Waals surface area contributed by atoms with E-state index in [1.165, 1.54) is 11.8 Å². The predicted molar refractivity (Wildman–Crippen MR) is 45.7 cm³/mol. The first-order valence-electron chi connectivity index (χ1n) is 3.87. The maximum atomic E-state index is 11.2. The number of β-lactam (4-membered cyclic amide) rings is 1. The number of aliphatic hydroxyl groups excluding tert-OH is 1. The van der Waals surface area contributed by atoms with E-state index in [1.807, 2.05) is 0 Å². The number of aliphatic hydroxyl groups is 1. The number of carboxylic acid groups (broad SMARTS) is 1. The van der Waals surface area contributed by atoms with Crippen LogP contribution in [-0.2, 0) is 9.59 Å². The van der Waals surface area contributed by atoms with Gasteiger partial charge in [0.2, 0.25) is 5.91 Å². The third-order valence-electron chi connectivity index (χ3n) is 2.18. The zero-order valence-corrected chi connectivity index (χ0v) is 10.8. The van der Waals surface area contributed by atoms with E-state index >= 15 is 0 Å². The summed E-state index contributed by atoms with van der Waals surface area (Å²) >= 11 is 1.24. The molecule has 6 nitrogen and oxygen atoms in total. The molecule has 2 heterocycles. The summed E-state index contributed by atoms with van der Waals surface area (Å²) in [6.45, 7) is 0. The molecule has 76 valence electrons. The summed E-state index contributed by atoms with van der Waals surface area (Å²) in [6, 6.07) is -0.678. The number of rotatable bonds is 1.